The summed E-state index contributed by atoms with van der Waals surface area (Å²) in [6.07, 6.45) is 10.6. The van der Waals surface area contributed by atoms with E-state index in [1.165, 1.54) is 51.4 Å². The zero-order valence-corrected chi connectivity index (χ0v) is 16.3. The molecule has 2 aliphatic carbocycles. The molecule has 0 radical (unpaired) electrons. The van der Waals surface area contributed by atoms with Gasteiger partial charge < -0.3 is 9.47 Å². The highest BCUT2D eigenvalue weighted by atomic mass is 16.5. The predicted molar refractivity (Wildman–Crippen MR) is 104 cm³/mol. The smallest absolute Gasteiger partial charge is 0.0500 e. The van der Waals surface area contributed by atoms with Crippen molar-refractivity contribution in [2.75, 3.05) is 26.4 Å². The Balaban J connectivity index is 1.73. The normalized spacial score (nSPS) is 26.9. The molecule has 3 atom stereocenters. The third kappa shape index (κ3) is 5.08. The molecule has 1 fully saturated rings. The first-order chi connectivity index (χ1) is 12.3. The highest BCUT2D eigenvalue weighted by Gasteiger charge is 2.28. The van der Waals surface area contributed by atoms with Crippen LogP contribution in [-0.2, 0) is 22.3 Å². The van der Waals surface area contributed by atoms with E-state index in [1.54, 1.807) is 16.7 Å². The summed E-state index contributed by atoms with van der Waals surface area (Å²) in [4.78, 5) is 0. The van der Waals surface area contributed by atoms with Gasteiger partial charge in [0, 0.05) is 26.4 Å². The summed E-state index contributed by atoms with van der Waals surface area (Å²) in [7, 11) is 0. The molecule has 2 nitrogen and oxygen atoms in total. The van der Waals surface area contributed by atoms with Gasteiger partial charge >= 0.3 is 0 Å². The second kappa shape index (κ2) is 9.73. The second-order valence-electron chi connectivity index (χ2n) is 8.01. The molecule has 0 saturated heterocycles. The summed E-state index contributed by atoms with van der Waals surface area (Å²) in [6.45, 7) is 7.77. The van der Waals surface area contributed by atoms with Gasteiger partial charge in [-0.25, -0.2) is 0 Å². The van der Waals surface area contributed by atoms with Gasteiger partial charge in [-0.3, -0.25) is 0 Å². The summed E-state index contributed by atoms with van der Waals surface area (Å²) < 4.78 is 11.5. The third-order valence-electron chi connectivity index (χ3n) is 6.15. The van der Waals surface area contributed by atoms with Crippen LogP contribution in [-0.4, -0.2) is 26.4 Å². The van der Waals surface area contributed by atoms with E-state index in [2.05, 4.69) is 32.0 Å². The minimum atomic E-state index is 0.684. The summed E-state index contributed by atoms with van der Waals surface area (Å²) in [5.74, 6) is 2.15. The van der Waals surface area contributed by atoms with Gasteiger partial charge in [0.15, 0.2) is 0 Å². The maximum Gasteiger partial charge on any atom is 0.0500 e. The molecule has 3 unspecified atom stereocenters. The maximum absolute atomic E-state index is 5.79. The van der Waals surface area contributed by atoms with Crippen LogP contribution in [0.1, 0.15) is 75.0 Å². The van der Waals surface area contributed by atoms with Crippen LogP contribution in [0.4, 0.5) is 0 Å². The molecule has 2 heteroatoms. The molecule has 1 saturated carbocycles. The van der Waals surface area contributed by atoms with Gasteiger partial charge in [0.1, 0.15) is 0 Å². The number of fused-ring (bicyclic) bond motifs is 1. The topological polar surface area (TPSA) is 18.5 Å². The van der Waals surface area contributed by atoms with Crippen LogP contribution in [0.2, 0.25) is 0 Å². The Morgan fingerprint density at radius 1 is 0.880 bits per heavy atom. The number of rotatable bonds is 7. The van der Waals surface area contributed by atoms with Crippen molar-refractivity contribution in [2.45, 2.75) is 71.1 Å². The Bertz CT molecular complexity index is 523. The molecular weight excluding hydrogens is 308 g/mol. The zero-order valence-electron chi connectivity index (χ0n) is 16.3. The van der Waals surface area contributed by atoms with Gasteiger partial charge in [-0.2, -0.15) is 0 Å². The van der Waals surface area contributed by atoms with E-state index in [-0.39, 0.29) is 0 Å². The molecular formula is C23H36O2. The van der Waals surface area contributed by atoms with Crippen molar-refractivity contribution in [3.63, 3.8) is 0 Å². The van der Waals surface area contributed by atoms with Crippen LogP contribution < -0.4 is 0 Å². The highest BCUT2D eigenvalue weighted by molar-refractivity contribution is 5.41. The van der Waals surface area contributed by atoms with E-state index in [9.17, 15) is 0 Å². The first kappa shape index (κ1) is 18.9. The molecule has 0 spiro atoms. The van der Waals surface area contributed by atoms with E-state index in [0.717, 1.165) is 38.3 Å². The predicted octanol–water partition coefficient (Wildman–Crippen LogP) is 5.53. The second-order valence-corrected chi connectivity index (χ2v) is 8.01. The van der Waals surface area contributed by atoms with E-state index < -0.39 is 0 Å². The Hall–Kier alpha value is -0.860. The van der Waals surface area contributed by atoms with E-state index >= 15 is 0 Å². The fourth-order valence-electron chi connectivity index (χ4n) is 4.91. The van der Waals surface area contributed by atoms with E-state index in [0.29, 0.717) is 5.92 Å². The number of ether oxygens (including phenoxy) is 2. The molecule has 140 valence electrons. The third-order valence-corrected chi connectivity index (χ3v) is 6.15. The molecule has 0 heterocycles. The van der Waals surface area contributed by atoms with Crippen LogP contribution in [0.5, 0.6) is 0 Å². The van der Waals surface area contributed by atoms with Crippen LogP contribution in [0.25, 0.3) is 0 Å². The van der Waals surface area contributed by atoms with Crippen molar-refractivity contribution < 1.29 is 9.47 Å². The van der Waals surface area contributed by atoms with E-state index in [1.807, 2.05) is 0 Å². The Morgan fingerprint density at radius 3 is 2.44 bits per heavy atom. The Labute approximate surface area is 154 Å². The molecule has 0 aromatic heterocycles. The summed E-state index contributed by atoms with van der Waals surface area (Å²) in [5.41, 5.74) is 4.90. The van der Waals surface area contributed by atoms with Crippen LogP contribution in [0.15, 0.2) is 18.2 Å². The quantitative estimate of drug-likeness (QED) is 0.647. The first-order valence-electron chi connectivity index (χ1n) is 10.6. The molecule has 1 aromatic rings. The lowest BCUT2D eigenvalue weighted by Crippen LogP contribution is -2.17. The van der Waals surface area contributed by atoms with E-state index in [4.69, 9.17) is 9.47 Å². The largest absolute Gasteiger partial charge is 0.381 e. The lowest BCUT2D eigenvalue weighted by Gasteiger charge is -2.28. The lowest BCUT2D eigenvalue weighted by atomic mass is 9.79. The fourth-order valence-corrected chi connectivity index (χ4v) is 4.91. The van der Waals surface area contributed by atoms with Crippen molar-refractivity contribution in [1.82, 2.24) is 0 Å². The highest BCUT2D eigenvalue weighted by Crippen LogP contribution is 2.39. The minimum absolute atomic E-state index is 0.684. The lowest BCUT2D eigenvalue weighted by molar-refractivity contribution is 0.0962. The molecule has 0 N–H and O–H groups in total. The minimum Gasteiger partial charge on any atom is -0.381 e. The fraction of sp³-hybridized carbons (Fsp3) is 0.739. The van der Waals surface area contributed by atoms with Crippen molar-refractivity contribution >= 4 is 0 Å². The van der Waals surface area contributed by atoms with Crippen molar-refractivity contribution in [2.24, 2.45) is 11.8 Å². The van der Waals surface area contributed by atoms with Crippen LogP contribution >= 0.6 is 0 Å². The Morgan fingerprint density at radius 2 is 1.64 bits per heavy atom. The molecule has 25 heavy (non-hydrogen) atoms. The summed E-state index contributed by atoms with van der Waals surface area (Å²) in [6, 6.07) is 7.07. The molecule has 0 amide bonds. The molecule has 0 bridgehead atoms. The SMILES string of the molecule is CCOCC1Cc2cccc(C3CCCCCC(COCC)C3)c2C1. The van der Waals surface area contributed by atoms with Gasteiger partial charge in [-0.15, -0.1) is 0 Å². The average Bonchev–Trinajstić information content (AvgIpc) is 3.02. The number of hydrogen-bond donors (Lipinski definition) is 0. The molecule has 2 aliphatic rings. The Kier molecular flexibility index (Phi) is 7.36. The maximum atomic E-state index is 5.79. The van der Waals surface area contributed by atoms with Gasteiger partial charge in [0.05, 0.1) is 0 Å². The van der Waals surface area contributed by atoms with Gasteiger partial charge in [-0.05, 0) is 80.4 Å². The van der Waals surface area contributed by atoms with Gasteiger partial charge in [0.25, 0.3) is 0 Å². The van der Waals surface area contributed by atoms with Crippen molar-refractivity contribution in [3.05, 3.63) is 34.9 Å². The van der Waals surface area contributed by atoms with Crippen LogP contribution in [0.3, 0.4) is 0 Å². The molecule has 3 rings (SSSR count). The van der Waals surface area contributed by atoms with Crippen LogP contribution in [0, 0.1) is 11.8 Å². The number of hydrogen-bond acceptors (Lipinski definition) is 2. The monoisotopic (exact) mass is 344 g/mol. The van der Waals surface area contributed by atoms with Crippen molar-refractivity contribution in [3.8, 4) is 0 Å². The summed E-state index contributed by atoms with van der Waals surface area (Å²) in [5, 5.41) is 0. The average molecular weight is 345 g/mol. The molecule has 0 aliphatic heterocycles. The van der Waals surface area contributed by atoms with Crippen molar-refractivity contribution in [1.29, 1.82) is 0 Å². The van der Waals surface area contributed by atoms with Gasteiger partial charge in [-0.1, -0.05) is 37.5 Å². The number of benzene rings is 1. The zero-order chi connectivity index (χ0) is 17.5. The van der Waals surface area contributed by atoms with Gasteiger partial charge in [0.2, 0.25) is 0 Å². The standard InChI is InChI=1S/C23H36O2/c1-3-24-16-18-9-6-5-7-10-20(13-18)22-12-8-11-21-14-19(15-23(21)22)17-25-4-2/h8,11-12,18-20H,3-7,9-10,13-17H2,1-2H3. The molecule has 1 aromatic carbocycles. The first-order valence-corrected chi connectivity index (χ1v) is 10.6. The summed E-state index contributed by atoms with van der Waals surface area (Å²) >= 11 is 0.